The van der Waals surface area contributed by atoms with Gasteiger partial charge in [-0.1, -0.05) is 11.3 Å². The van der Waals surface area contributed by atoms with E-state index in [0.29, 0.717) is 19.6 Å². The van der Waals surface area contributed by atoms with Crippen LogP contribution in [0.1, 0.15) is 44.1 Å². The van der Waals surface area contributed by atoms with Crippen molar-refractivity contribution < 1.29 is 14.3 Å². The van der Waals surface area contributed by atoms with Crippen molar-refractivity contribution in [3.63, 3.8) is 0 Å². The lowest BCUT2D eigenvalue weighted by atomic mass is 10.2. The fourth-order valence-corrected chi connectivity index (χ4v) is 2.76. The minimum Gasteiger partial charge on any atom is -0.444 e. The van der Waals surface area contributed by atoms with E-state index in [4.69, 9.17) is 4.74 Å². The van der Waals surface area contributed by atoms with Crippen molar-refractivity contribution in [3.05, 3.63) is 24.5 Å². The molecule has 8 heteroatoms. The molecule has 1 atom stereocenters. The normalized spacial score (nSPS) is 17.4. The van der Waals surface area contributed by atoms with Crippen LogP contribution in [0.25, 0.3) is 0 Å². The van der Waals surface area contributed by atoms with E-state index in [1.165, 1.54) is 4.90 Å². The number of rotatable bonds is 5. The summed E-state index contributed by atoms with van der Waals surface area (Å²) < 4.78 is 7.08. The molecule has 0 spiro atoms. The first kappa shape index (κ1) is 19.0. The van der Waals surface area contributed by atoms with E-state index in [2.05, 4.69) is 16.9 Å². The first-order valence-corrected chi connectivity index (χ1v) is 8.47. The van der Waals surface area contributed by atoms with Crippen LogP contribution in [0.2, 0.25) is 0 Å². The smallest absolute Gasteiger partial charge is 0.410 e. The highest BCUT2D eigenvalue weighted by Gasteiger charge is 2.32. The Kier molecular flexibility index (Phi) is 5.81. The standard InChI is InChI=1S/C17H27N5O3/c1-6-9-20(5)15(23)14-12-21(19-18-14)11-13-8-7-10-22(13)16(24)25-17(2,3)4/h6,12-13H,1,7-11H2,2-5H3/t13-/m1/s1. The SMILES string of the molecule is C=CCN(C)C(=O)c1cn(C[C@H]2CCCN2C(=O)OC(C)(C)C)nn1. The highest BCUT2D eigenvalue weighted by Crippen LogP contribution is 2.22. The number of aromatic nitrogens is 3. The number of ether oxygens (including phenoxy) is 1. The Hall–Kier alpha value is -2.38. The highest BCUT2D eigenvalue weighted by atomic mass is 16.6. The Balaban J connectivity index is 2.00. The molecule has 2 rings (SSSR count). The summed E-state index contributed by atoms with van der Waals surface area (Å²) in [6.45, 7) is 10.8. The molecule has 0 N–H and O–H groups in total. The van der Waals surface area contributed by atoms with Crippen LogP contribution in [0.5, 0.6) is 0 Å². The minimum atomic E-state index is -0.521. The van der Waals surface area contributed by atoms with Gasteiger partial charge in [0.25, 0.3) is 5.91 Å². The van der Waals surface area contributed by atoms with E-state index < -0.39 is 5.60 Å². The van der Waals surface area contributed by atoms with Crippen molar-refractivity contribution in [3.8, 4) is 0 Å². The summed E-state index contributed by atoms with van der Waals surface area (Å²) in [6, 6.07) is -0.00888. The van der Waals surface area contributed by atoms with Gasteiger partial charge in [-0.3, -0.25) is 4.79 Å². The molecule has 0 aliphatic carbocycles. The van der Waals surface area contributed by atoms with E-state index in [-0.39, 0.29) is 23.7 Å². The van der Waals surface area contributed by atoms with Crippen molar-refractivity contribution in [2.45, 2.75) is 51.8 Å². The lowest BCUT2D eigenvalue weighted by Gasteiger charge is -2.28. The quantitative estimate of drug-likeness (QED) is 0.759. The molecule has 1 aromatic rings. The number of hydrogen-bond acceptors (Lipinski definition) is 5. The van der Waals surface area contributed by atoms with E-state index in [1.807, 2.05) is 20.8 Å². The number of nitrogens with zero attached hydrogens (tertiary/aromatic N) is 5. The summed E-state index contributed by atoms with van der Waals surface area (Å²) in [5.41, 5.74) is -0.238. The molecule has 1 aromatic heterocycles. The van der Waals surface area contributed by atoms with Crippen molar-refractivity contribution in [1.82, 2.24) is 24.8 Å². The maximum atomic E-state index is 12.3. The van der Waals surface area contributed by atoms with Crippen LogP contribution in [0.15, 0.2) is 18.9 Å². The third-order valence-corrected chi connectivity index (χ3v) is 3.91. The predicted octanol–water partition coefficient (Wildman–Crippen LogP) is 1.94. The molecule has 138 valence electrons. The van der Waals surface area contributed by atoms with Crippen LogP contribution < -0.4 is 0 Å². The lowest BCUT2D eigenvalue weighted by Crippen LogP contribution is -2.41. The topological polar surface area (TPSA) is 80.6 Å². The predicted molar refractivity (Wildman–Crippen MR) is 93.1 cm³/mol. The molecule has 0 saturated carbocycles. The van der Waals surface area contributed by atoms with Crippen LogP contribution in [0, 0.1) is 0 Å². The van der Waals surface area contributed by atoms with Crippen LogP contribution in [0.3, 0.4) is 0 Å². The Morgan fingerprint density at radius 3 is 2.84 bits per heavy atom. The molecule has 2 heterocycles. The van der Waals surface area contributed by atoms with E-state index in [1.54, 1.807) is 28.9 Å². The molecule has 25 heavy (non-hydrogen) atoms. The molecule has 0 bridgehead atoms. The van der Waals surface area contributed by atoms with Gasteiger partial charge in [0.2, 0.25) is 0 Å². The van der Waals surface area contributed by atoms with Gasteiger partial charge < -0.3 is 14.5 Å². The van der Waals surface area contributed by atoms with Crippen LogP contribution in [-0.2, 0) is 11.3 Å². The third kappa shape index (κ3) is 5.04. The maximum absolute atomic E-state index is 12.3. The number of hydrogen-bond donors (Lipinski definition) is 0. The minimum absolute atomic E-state index is 0.00888. The average molecular weight is 349 g/mol. The molecule has 1 aliphatic rings. The lowest BCUT2D eigenvalue weighted by molar-refractivity contribution is 0.0211. The Morgan fingerprint density at radius 1 is 1.48 bits per heavy atom. The Bertz CT molecular complexity index is 634. The first-order chi connectivity index (χ1) is 11.7. The zero-order valence-corrected chi connectivity index (χ0v) is 15.4. The van der Waals surface area contributed by atoms with Crippen molar-refractivity contribution in [2.24, 2.45) is 0 Å². The van der Waals surface area contributed by atoms with Gasteiger partial charge in [0.05, 0.1) is 18.8 Å². The summed E-state index contributed by atoms with van der Waals surface area (Å²) in [5, 5.41) is 7.97. The summed E-state index contributed by atoms with van der Waals surface area (Å²) in [7, 11) is 1.68. The molecule has 0 radical (unpaired) electrons. The van der Waals surface area contributed by atoms with Gasteiger partial charge in [0.1, 0.15) is 5.60 Å². The zero-order chi connectivity index (χ0) is 18.6. The van der Waals surface area contributed by atoms with Crippen molar-refractivity contribution in [1.29, 1.82) is 0 Å². The summed E-state index contributed by atoms with van der Waals surface area (Å²) in [5.74, 6) is -0.207. The maximum Gasteiger partial charge on any atom is 0.410 e. The second-order valence-electron chi connectivity index (χ2n) is 7.27. The Morgan fingerprint density at radius 2 is 2.20 bits per heavy atom. The first-order valence-electron chi connectivity index (χ1n) is 8.47. The molecule has 1 saturated heterocycles. The number of amides is 2. The fourth-order valence-electron chi connectivity index (χ4n) is 2.76. The van der Waals surface area contributed by atoms with E-state index in [0.717, 1.165) is 12.8 Å². The number of carbonyl (C=O) groups excluding carboxylic acids is 2. The van der Waals surface area contributed by atoms with E-state index >= 15 is 0 Å². The fraction of sp³-hybridized carbons (Fsp3) is 0.647. The van der Waals surface area contributed by atoms with Gasteiger partial charge in [-0.25, -0.2) is 9.48 Å². The van der Waals surface area contributed by atoms with Gasteiger partial charge in [0, 0.05) is 20.1 Å². The van der Waals surface area contributed by atoms with Gasteiger partial charge >= 0.3 is 6.09 Å². The van der Waals surface area contributed by atoms with Gasteiger partial charge in [-0.05, 0) is 33.6 Å². The summed E-state index contributed by atoms with van der Waals surface area (Å²) >= 11 is 0. The molecule has 8 nitrogen and oxygen atoms in total. The van der Waals surface area contributed by atoms with Crippen LogP contribution in [0.4, 0.5) is 4.79 Å². The zero-order valence-electron chi connectivity index (χ0n) is 15.4. The van der Waals surface area contributed by atoms with Crippen LogP contribution in [-0.4, -0.2) is 68.6 Å². The molecular formula is C17H27N5O3. The van der Waals surface area contributed by atoms with E-state index in [9.17, 15) is 9.59 Å². The van der Waals surface area contributed by atoms with Crippen molar-refractivity contribution in [2.75, 3.05) is 20.1 Å². The average Bonchev–Trinajstić information content (AvgIpc) is 3.14. The van der Waals surface area contributed by atoms with Crippen molar-refractivity contribution >= 4 is 12.0 Å². The summed E-state index contributed by atoms with van der Waals surface area (Å²) in [4.78, 5) is 27.8. The van der Waals surface area contributed by atoms with Crippen LogP contribution >= 0.6 is 0 Å². The number of likely N-dealkylation sites (tertiary alicyclic amines) is 1. The third-order valence-electron chi connectivity index (χ3n) is 3.91. The largest absolute Gasteiger partial charge is 0.444 e. The van der Waals surface area contributed by atoms with Gasteiger partial charge in [-0.15, -0.1) is 11.7 Å². The number of carbonyl (C=O) groups is 2. The molecule has 2 amide bonds. The monoisotopic (exact) mass is 349 g/mol. The molecule has 0 unspecified atom stereocenters. The second-order valence-corrected chi connectivity index (χ2v) is 7.27. The molecule has 0 aromatic carbocycles. The second kappa shape index (κ2) is 7.67. The highest BCUT2D eigenvalue weighted by molar-refractivity contribution is 5.91. The van der Waals surface area contributed by atoms with Gasteiger partial charge in [-0.2, -0.15) is 0 Å². The number of likely N-dealkylation sites (N-methyl/N-ethyl adjacent to an activating group) is 1. The summed E-state index contributed by atoms with van der Waals surface area (Å²) in [6.07, 6.45) is 4.76. The van der Waals surface area contributed by atoms with Gasteiger partial charge in [0.15, 0.2) is 5.69 Å². The molecular weight excluding hydrogens is 322 g/mol. The Labute approximate surface area is 148 Å². The molecule has 1 fully saturated rings. The molecule has 1 aliphatic heterocycles.